The molecule has 1 amide bonds. The predicted octanol–water partition coefficient (Wildman–Crippen LogP) is 1.51. The topological polar surface area (TPSA) is 130 Å². The molecule has 3 N–H and O–H groups in total. The normalized spacial score (nSPS) is 13.7. The predicted molar refractivity (Wildman–Crippen MR) is 116 cm³/mol. The van der Waals surface area contributed by atoms with E-state index in [-0.39, 0.29) is 5.91 Å². The van der Waals surface area contributed by atoms with Gasteiger partial charge in [-0.3, -0.25) is 14.2 Å². The second kappa shape index (κ2) is 10.3. The first kappa shape index (κ1) is 24.7. The lowest BCUT2D eigenvalue weighted by molar-refractivity contribution is -0.192. The van der Waals surface area contributed by atoms with Crippen LogP contribution in [0.15, 0.2) is 36.8 Å². The second-order valence-electron chi connectivity index (χ2n) is 7.30. The van der Waals surface area contributed by atoms with Gasteiger partial charge in [-0.2, -0.15) is 23.4 Å². The fourth-order valence-electron chi connectivity index (χ4n) is 3.20. The summed E-state index contributed by atoms with van der Waals surface area (Å²) in [7, 11) is 3.61. The van der Waals surface area contributed by atoms with Gasteiger partial charge in [0, 0.05) is 52.7 Å². The molecule has 0 unspecified atom stereocenters. The summed E-state index contributed by atoms with van der Waals surface area (Å²) in [5.74, 6) is -2.49. The zero-order chi connectivity index (χ0) is 24.9. The van der Waals surface area contributed by atoms with E-state index in [1.165, 1.54) is 0 Å². The molecule has 0 radical (unpaired) electrons. The lowest BCUT2D eigenvalue weighted by Gasteiger charge is -2.29. The number of rotatable bonds is 4. The second-order valence-corrected chi connectivity index (χ2v) is 7.30. The van der Waals surface area contributed by atoms with Crippen LogP contribution in [0.3, 0.4) is 0 Å². The smallest absolute Gasteiger partial charge is 0.475 e. The molecule has 34 heavy (non-hydrogen) atoms. The van der Waals surface area contributed by atoms with Crippen molar-refractivity contribution in [1.29, 1.82) is 0 Å². The summed E-state index contributed by atoms with van der Waals surface area (Å²) < 4.78 is 35.1. The lowest BCUT2D eigenvalue weighted by Crippen LogP contribution is -2.43. The molecule has 0 atom stereocenters. The first-order valence-electron chi connectivity index (χ1n) is 10.1. The molecule has 3 aromatic rings. The van der Waals surface area contributed by atoms with Crippen molar-refractivity contribution in [2.24, 2.45) is 14.1 Å². The number of hydrogen-bond donors (Lipinski definition) is 3. The average Bonchev–Trinajstić information content (AvgIpc) is 3.39. The van der Waals surface area contributed by atoms with Crippen molar-refractivity contribution >= 4 is 23.4 Å². The van der Waals surface area contributed by atoms with Crippen molar-refractivity contribution in [2.75, 3.05) is 36.4 Å². The van der Waals surface area contributed by atoms with Gasteiger partial charge in [-0.15, -0.1) is 0 Å². The summed E-state index contributed by atoms with van der Waals surface area (Å²) in [4.78, 5) is 28.4. The molecule has 1 aliphatic rings. The van der Waals surface area contributed by atoms with Crippen molar-refractivity contribution < 1.29 is 27.9 Å². The van der Waals surface area contributed by atoms with E-state index in [9.17, 15) is 18.0 Å². The number of alkyl halides is 3. The number of carboxylic acids is 1. The molecule has 1 aliphatic heterocycles. The molecule has 11 nitrogen and oxygen atoms in total. The number of aliphatic carboxylic acids is 1. The molecule has 1 fully saturated rings. The number of nitrogens with one attached hydrogen (secondary N) is 2. The van der Waals surface area contributed by atoms with Crippen LogP contribution in [0.1, 0.15) is 10.4 Å². The molecule has 3 aromatic heterocycles. The summed E-state index contributed by atoms with van der Waals surface area (Å²) in [5, 5.41) is 21.9. The highest BCUT2D eigenvalue weighted by atomic mass is 19.4. The molecule has 0 bridgehead atoms. The molecule has 0 aromatic carbocycles. The van der Waals surface area contributed by atoms with Crippen molar-refractivity contribution in [3.05, 3.63) is 42.4 Å². The molecule has 4 rings (SSSR count). The van der Waals surface area contributed by atoms with Crippen LogP contribution < -0.4 is 15.5 Å². The Hall–Kier alpha value is -3.94. The Labute approximate surface area is 192 Å². The first-order chi connectivity index (χ1) is 16.1. The average molecular weight is 480 g/mol. The molecular formula is C20H23F3N8O3. The number of nitrogens with zero attached hydrogens (tertiary/aromatic N) is 6. The first-order valence-corrected chi connectivity index (χ1v) is 10.1. The number of carbonyl (C=O) groups is 2. The van der Waals surface area contributed by atoms with Gasteiger partial charge in [-0.1, -0.05) is 0 Å². The number of anilines is 2. The quantitative estimate of drug-likeness (QED) is 0.513. The van der Waals surface area contributed by atoms with Gasteiger partial charge in [0.25, 0.3) is 5.91 Å². The van der Waals surface area contributed by atoms with Crippen LogP contribution in [0.4, 0.5) is 24.7 Å². The minimum absolute atomic E-state index is 0.248. The van der Waals surface area contributed by atoms with Crippen molar-refractivity contribution in [2.45, 2.75) is 6.18 Å². The fourth-order valence-corrected chi connectivity index (χ4v) is 3.20. The van der Waals surface area contributed by atoms with E-state index in [1.807, 2.05) is 25.2 Å². The van der Waals surface area contributed by atoms with Gasteiger partial charge < -0.3 is 20.6 Å². The van der Waals surface area contributed by atoms with Gasteiger partial charge in [0.1, 0.15) is 11.5 Å². The minimum atomic E-state index is -5.08. The Kier molecular flexibility index (Phi) is 7.50. The maximum Gasteiger partial charge on any atom is 0.490 e. The van der Waals surface area contributed by atoms with Crippen molar-refractivity contribution in [3.63, 3.8) is 0 Å². The largest absolute Gasteiger partial charge is 0.490 e. The highest BCUT2D eigenvalue weighted by molar-refractivity contribution is 6.07. The van der Waals surface area contributed by atoms with Crippen LogP contribution in [-0.4, -0.2) is 73.9 Å². The van der Waals surface area contributed by atoms with Gasteiger partial charge in [0.2, 0.25) is 0 Å². The highest BCUT2D eigenvalue weighted by Gasteiger charge is 2.38. The fraction of sp³-hybridized carbons (Fsp3) is 0.350. The number of hydrogen-bond acceptors (Lipinski definition) is 7. The monoisotopic (exact) mass is 480 g/mol. The van der Waals surface area contributed by atoms with E-state index in [4.69, 9.17) is 9.90 Å². The number of amides is 1. The number of carboxylic acid groups (broad SMARTS) is 1. The van der Waals surface area contributed by atoms with Crippen LogP contribution in [0.2, 0.25) is 0 Å². The Balaban J connectivity index is 0.000000406. The summed E-state index contributed by atoms with van der Waals surface area (Å²) in [6.07, 6.45) is 0.0983. The molecule has 182 valence electrons. The maximum atomic E-state index is 12.8. The standard InChI is InChI=1S/C18H22N8O.C2HF3O2/c1-24-12-14(17(23-24)15-5-6-21-25(15)2)18(27)22-16-4-3-13(11-20-16)26-9-7-19-8-10-26;3-2(4,5)1(6)7/h3-6,11-12,19H,7-10H2,1-2H3,(H,20,22,27);(H,6,7). The third kappa shape index (κ3) is 6.10. The summed E-state index contributed by atoms with van der Waals surface area (Å²) in [6, 6.07) is 5.65. The zero-order valence-electron chi connectivity index (χ0n) is 18.4. The summed E-state index contributed by atoms with van der Waals surface area (Å²) in [6.45, 7) is 3.85. The summed E-state index contributed by atoms with van der Waals surface area (Å²) in [5.41, 5.74) is 2.91. The lowest BCUT2D eigenvalue weighted by atomic mass is 10.2. The maximum absolute atomic E-state index is 12.8. The van der Waals surface area contributed by atoms with Crippen LogP contribution in [0.5, 0.6) is 0 Å². The van der Waals surface area contributed by atoms with Gasteiger partial charge in [0.05, 0.1) is 23.1 Å². The van der Waals surface area contributed by atoms with E-state index >= 15 is 0 Å². The van der Waals surface area contributed by atoms with E-state index in [0.717, 1.165) is 37.6 Å². The number of carbonyl (C=O) groups excluding carboxylic acids is 1. The van der Waals surface area contributed by atoms with Crippen molar-refractivity contribution in [1.82, 2.24) is 29.9 Å². The Morgan fingerprint density at radius 2 is 1.82 bits per heavy atom. The Morgan fingerprint density at radius 3 is 2.35 bits per heavy atom. The molecule has 0 saturated carbocycles. The van der Waals surface area contributed by atoms with E-state index < -0.39 is 12.1 Å². The number of piperazine rings is 1. The van der Waals surface area contributed by atoms with Crippen LogP contribution in [-0.2, 0) is 18.9 Å². The van der Waals surface area contributed by atoms with Crippen LogP contribution in [0.25, 0.3) is 11.4 Å². The van der Waals surface area contributed by atoms with Gasteiger partial charge in [-0.05, 0) is 18.2 Å². The number of aryl methyl sites for hydroxylation is 2. The summed E-state index contributed by atoms with van der Waals surface area (Å²) >= 11 is 0. The Bertz CT molecular complexity index is 1130. The zero-order valence-corrected chi connectivity index (χ0v) is 18.4. The minimum Gasteiger partial charge on any atom is -0.475 e. The number of halogens is 3. The molecule has 14 heteroatoms. The number of pyridine rings is 1. The van der Waals surface area contributed by atoms with E-state index in [2.05, 4.69) is 30.7 Å². The van der Waals surface area contributed by atoms with E-state index in [0.29, 0.717) is 17.1 Å². The molecular weight excluding hydrogens is 457 g/mol. The molecule has 0 spiro atoms. The Morgan fingerprint density at radius 1 is 1.15 bits per heavy atom. The van der Waals surface area contributed by atoms with Crippen LogP contribution >= 0.6 is 0 Å². The molecule has 4 heterocycles. The van der Waals surface area contributed by atoms with Crippen LogP contribution in [0, 0.1) is 0 Å². The van der Waals surface area contributed by atoms with E-state index in [1.54, 1.807) is 35.0 Å². The molecule has 1 saturated heterocycles. The number of aromatic nitrogens is 5. The van der Waals surface area contributed by atoms with Gasteiger partial charge in [-0.25, -0.2) is 9.78 Å². The highest BCUT2D eigenvalue weighted by Crippen LogP contribution is 2.22. The van der Waals surface area contributed by atoms with Gasteiger partial charge in [0.15, 0.2) is 0 Å². The van der Waals surface area contributed by atoms with Crippen molar-refractivity contribution in [3.8, 4) is 11.4 Å². The third-order valence-electron chi connectivity index (χ3n) is 4.85. The SMILES string of the molecule is Cn1cc(C(=O)Nc2ccc(N3CCNCC3)cn2)c(-c2ccnn2C)n1.O=C(O)C(F)(F)F. The van der Waals surface area contributed by atoms with Gasteiger partial charge >= 0.3 is 12.1 Å². The molecule has 0 aliphatic carbocycles. The third-order valence-corrected chi connectivity index (χ3v) is 4.85.